The van der Waals surface area contributed by atoms with Crippen molar-refractivity contribution in [3.05, 3.63) is 18.2 Å². The van der Waals surface area contributed by atoms with Crippen molar-refractivity contribution in [2.75, 3.05) is 45.8 Å². The van der Waals surface area contributed by atoms with Gasteiger partial charge in [0.2, 0.25) is 11.8 Å². The molecule has 1 aliphatic carbocycles. The van der Waals surface area contributed by atoms with Crippen LogP contribution in [0.5, 0.6) is 11.5 Å². The molecule has 1 N–H and O–H groups in total. The highest BCUT2D eigenvalue weighted by molar-refractivity contribution is 6.13. The molecule has 8 heteroatoms. The van der Waals surface area contributed by atoms with Gasteiger partial charge in [-0.2, -0.15) is 0 Å². The first kappa shape index (κ1) is 19.0. The minimum absolute atomic E-state index is 0.106. The zero-order valence-electron chi connectivity index (χ0n) is 16.3. The molecule has 1 aromatic rings. The predicted octanol–water partition coefficient (Wildman–Crippen LogP) is 1.79. The summed E-state index contributed by atoms with van der Waals surface area (Å²) in [6, 6.07) is 5.16. The minimum Gasteiger partial charge on any atom is -0.497 e. The summed E-state index contributed by atoms with van der Waals surface area (Å²) in [5, 5.41) is 2.87. The molecule has 4 rings (SSSR count). The van der Waals surface area contributed by atoms with Crippen LogP contribution in [0.3, 0.4) is 0 Å². The quantitative estimate of drug-likeness (QED) is 0.772. The van der Waals surface area contributed by atoms with Crippen LogP contribution < -0.4 is 14.8 Å². The van der Waals surface area contributed by atoms with E-state index in [1.54, 1.807) is 30.2 Å². The van der Waals surface area contributed by atoms with Gasteiger partial charge >= 0.3 is 0 Å². The van der Waals surface area contributed by atoms with Crippen molar-refractivity contribution in [3.63, 3.8) is 0 Å². The SMILES string of the molecule is COc1ccc(NC(=O)C2(C(=O)N3CCC4(CC3)OCCO4)CC2)c(OC)c1. The fourth-order valence-electron chi connectivity index (χ4n) is 3.95. The summed E-state index contributed by atoms with van der Waals surface area (Å²) < 4.78 is 21.9. The summed E-state index contributed by atoms with van der Waals surface area (Å²) in [4.78, 5) is 27.8. The molecule has 0 atom stereocenters. The fraction of sp³-hybridized carbons (Fsp3) is 0.600. The fourth-order valence-corrected chi connectivity index (χ4v) is 3.95. The highest BCUT2D eigenvalue weighted by Gasteiger charge is 2.59. The van der Waals surface area contributed by atoms with Crippen molar-refractivity contribution in [2.24, 2.45) is 5.41 Å². The van der Waals surface area contributed by atoms with E-state index in [2.05, 4.69) is 5.32 Å². The van der Waals surface area contributed by atoms with Crippen molar-refractivity contribution in [2.45, 2.75) is 31.5 Å². The Bertz CT molecular complexity index is 760. The summed E-state index contributed by atoms with van der Waals surface area (Å²) in [6.07, 6.45) is 2.40. The normalized spacial score (nSPS) is 22.0. The molecule has 2 saturated heterocycles. The van der Waals surface area contributed by atoms with Gasteiger partial charge in [0.15, 0.2) is 5.79 Å². The van der Waals surface area contributed by atoms with Crippen LogP contribution in [0, 0.1) is 5.41 Å². The van der Waals surface area contributed by atoms with Crippen LogP contribution in [0.15, 0.2) is 18.2 Å². The molecular weight excluding hydrogens is 364 g/mol. The van der Waals surface area contributed by atoms with Gasteiger partial charge in [0.1, 0.15) is 16.9 Å². The van der Waals surface area contributed by atoms with Crippen LogP contribution in [-0.4, -0.2) is 63.0 Å². The predicted molar refractivity (Wildman–Crippen MR) is 100 cm³/mol. The lowest BCUT2D eigenvalue weighted by molar-refractivity contribution is -0.188. The number of carbonyl (C=O) groups is 2. The number of methoxy groups -OCH3 is 2. The Balaban J connectivity index is 1.42. The number of anilines is 1. The second-order valence-electron chi connectivity index (χ2n) is 7.50. The van der Waals surface area contributed by atoms with E-state index in [0.717, 1.165) is 0 Å². The van der Waals surface area contributed by atoms with Gasteiger partial charge in [0, 0.05) is 32.0 Å². The summed E-state index contributed by atoms with van der Waals surface area (Å²) in [5.41, 5.74) is -0.454. The highest BCUT2D eigenvalue weighted by Crippen LogP contribution is 2.49. The van der Waals surface area contributed by atoms with E-state index in [4.69, 9.17) is 18.9 Å². The van der Waals surface area contributed by atoms with Crippen LogP contribution >= 0.6 is 0 Å². The zero-order chi connectivity index (χ0) is 19.8. The number of carbonyl (C=O) groups excluding carboxylic acids is 2. The van der Waals surface area contributed by atoms with E-state index in [-0.39, 0.29) is 11.8 Å². The molecule has 2 heterocycles. The van der Waals surface area contributed by atoms with Crippen molar-refractivity contribution >= 4 is 17.5 Å². The smallest absolute Gasteiger partial charge is 0.240 e. The Kier molecular flexibility index (Phi) is 4.93. The number of nitrogens with one attached hydrogen (secondary N) is 1. The zero-order valence-corrected chi connectivity index (χ0v) is 16.3. The molecule has 8 nitrogen and oxygen atoms in total. The van der Waals surface area contributed by atoms with E-state index in [0.29, 0.717) is 69.2 Å². The molecule has 1 spiro atoms. The van der Waals surface area contributed by atoms with E-state index in [1.807, 2.05) is 0 Å². The first-order valence-corrected chi connectivity index (χ1v) is 9.63. The number of hydrogen-bond acceptors (Lipinski definition) is 6. The van der Waals surface area contributed by atoms with Gasteiger partial charge in [-0.15, -0.1) is 0 Å². The number of nitrogens with zero attached hydrogens (tertiary/aromatic N) is 1. The molecule has 2 amide bonds. The molecule has 1 aromatic carbocycles. The lowest BCUT2D eigenvalue weighted by atomic mass is 9.98. The van der Waals surface area contributed by atoms with Crippen molar-refractivity contribution in [3.8, 4) is 11.5 Å². The van der Waals surface area contributed by atoms with Crippen LogP contribution in [-0.2, 0) is 19.1 Å². The molecule has 152 valence electrons. The van der Waals surface area contributed by atoms with Gasteiger partial charge in [-0.3, -0.25) is 9.59 Å². The average Bonchev–Trinajstić information content (AvgIpc) is 3.43. The Hall–Kier alpha value is -2.32. The molecule has 0 radical (unpaired) electrons. The number of benzene rings is 1. The Morgan fingerprint density at radius 1 is 1.04 bits per heavy atom. The molecule has 0 aromatic heterocycles. The molecule has 0 unspecified atom stereocenters. The Morgan fingerprint density at radius 3 is 2.29 bits per heavy atom. The van der Waals surface area contributed by atoms with E-state index < -0.39 is 11.2 Å². The second kappa shape index (κ2) is 7.25. The van der Waals surface area contributed by atoms with Gasteiger partial charge in [-0.05, 0) is 25.0 Å². The van der Waals surface area contributed by atoms with Gasteiger partial charge in [0.05, 0.1) is 33.1 Å². The summed E-state index contributed by atoms with van der Waals surface area (Å²) in [6.45, 7) is 2.29. The second-order valence-corrected chi connectivity index (χ2v) is 7.50. The Labute approximate surface area is 164 Å². The van der Waals surface area contributed by atoms with Gasteiger partial charge in [-0.1, -0.05) is 0 Å². The molecule has 1 saturated carbocycles. The maximum atomic E-state index is 13.1. The number of ether oxygens (including phenoxy) is 4. The van der Waals surface area contributed by atoms with Crippen LogP contribution in [0.2, 0.25) is 0 Å². The van der Waals surface area contributed by atoms with Gasteiger partial charge in [0.25, 0.3) is 0 Å². The van der Waals surface area contributed by atoms with Crippen molar-refractivity contribution in [1.82, 2.24) is 4.90 Å². The van der Waals surface area contributed by atoms with Crippen molar-refractivity contribution in [1.29, 1.82) is 0 Å². The first-order chi connectivity index (χ1) is 13.5. The first-order valence-electron chi connectivity index (χ1n) is 9.63. The number of amides is 2. The molecule has 28 heavy (non-hydrogen) atoms. The topological polar surface area (TPSA) is 86.3 Å². The Morgan fingerprint density at radius 2 is 1.71 bits per heavy atom. The number of rotatable bonds is 5. The number of likely N-dealkylation sites (tertiary alicyclic amines) is 1. The van der Waals surface area contributed by atoms with E-state index in [9.17, 15) is 9.59 Å². The largest absolute Gasteiger partial charge is 0.497 e. The standard InChI is InChI=1S/C20H26N2O6/c1-25-14-3-4-15(16(13-14)26-2)21-17(23)19(5-6-19)18(24)22-9-7-20(8-10-22)27-11-12-28-20/h3-4,13H,5-12H2,1-2H3,(H,21,23). The third-order valence-electron chi connectivity index (χ3n) is 5.88. The van der Waals surface area contributed by atoms with E-state index in [1.165, 1.54) is 7.11 Å². The summed E-state index contributed by atoms with van der Waals surface area (Å²) in [5.74, 6) is 0.198. The summed E-state index contributed by atoms with van der Waals surface area (Å²) in [7, 11) is 3.09. The number of piperidine rings is 1. The van der Waals surface area contributed by atoms with E-state index >= 15 is 0 Å². The molecule has 0 bridgehead atoms. The molecule has 3 aliphatic rings. The third kappa shape index (κ3) is 3.31. The van der Waals surface area contributed by atoms with Crippen LogP contribution in [0.4, 0.5) is 5.69 Å². The maximum Gasteiger partial charge on any atom is 0.240 e. The maximum absolute atomic E-state index is 13.1. The lowest BCUT2D eigenvalue weighted by Crippen LogP contribution is -2.51. The van der Waals surface area contributed by atoms with Crippen molar-refractivity contribution < 1.29 is 28.5 Å². The van der Waals surface area contributed by atoms with Crippen LogP contribution in [0.25, 0.3) is 0 Å². The summed E-state index contributed by atoms with van der Waals surface area (Å²) >= 11 is 0. The minimum atomic E-state index is -0.979. The third-order valence-corrected chi connectivity index (χ3v) is 5.88. The number of hydrogen-bond donors (Lipinski definition) is 1. The van der Waals surface area contributed by atoms with Gasteiger partial charge in [-0.25, -0.2) is 0 Å². The highest BCUT2D eigenvalue weighted by atomic mass is 16.7. The average molecular weight is 390 g/mol. The molecular formula is C20H26N2O6. The molecule has 3 fully saturated rings. The monoisotopic (exact) mass is 390 g/mol. The van der Waals surface area contributed by atoms with Crippen LogP contribution in [0.1, 0.15) is 25.7 Å². The van der Waals surface area contributed by atoms with Gasteiger partial charge < -0.3 is 29.2 Å². The lowest BCUT2D eigenvalue weighted by Gasteiger charge is -2.38. The molecule has 2 aliphatic heterocycles.